The van der Waals surface area contributed by atoms with Crippen molar-refractivity contribution in [3.05, 3.63) is 76.1 Å². The maximum atomic E-state index is 15.3. The summed E-state index contributed by atoms with van der Waals surface area (Å²) >= 11 is 0. The van der Waals surface area contributed by atoms with Gasteiger partial charge in [0, 0.05) is 36.9 Å². The van der Waals surface area contributed by atoms with Gasteiger partial charge in [0.2, 0.25) is 5.88 Å². The highest BCUT2D eigenvalue weighted by atomic mass is 19.3. The predicted octanol–water partition coefficient (Wildman–Crippen LogP) is 4.79. The quantitative estimate of drug-likeness (QED) is 0.271. The molecule has 0 unspecified atom stereocenters. The smallest absolute Gasteiger partial charge is 0.387 e. The zero-order valence-electron chi connectivity index (χ0n) is 22.2. The second-order valence-corrected chi connectivity index (χ2v) is 8.32. The maximum absolute atomic E-state index is 15.3. The van der Waals surface area contributed by atoms with Gasteiger partial charge >= 0.3 is 6.61 Å². The van der Waals surface area contributed by atoms with Crippen LogP contribution in [-0.4, -0.2) is 47.7 Å². The number of pyridine rings is 1. The summed E-state index contributed by atoms with van der Waals surface area (Å²) in [6.07, 6.45) is 0. The van der Waals surface area contributed by atoms with Crippen molar-refractivity contribution in [1.82, 2.24) is 14.3 Å². The molecule has 0 aliphatic carbocycles. The van der Waals surface area contributed by atoms with Gasteiger partial charge in [-0.1, -0.05) is 0 Å². The van der Waals surface area contributed by atoms with E-state index in [2.05, 4.69) is 15.0 Å². The Hall–Kier alpha value is -5.01. The van der Waals surface area contributed by atoms with Crippen LogP contribution in [0, 0.1) is 11.6 Å². The van der Waals surface area contributed by atoms with Crippen LogP contribution in [0.4, 0.5) is 23.2 Å². The Morgan fingerprint density at radius 1 is 0.976 bits per heavy atom. The summed E-state index contributed by atoms with van der Waals surface area (Å²) in [4.78, 5) is 31.2. The number of amides is 1. The number of methoxy groups -OCH3 is 2. The lowest BCUT2D eigenvalue weighted by atomic mass is 10.1. The molecule has 41 heavy (non-hydrogen) atoms. The highest BCUT2D eigenvalue weighted by molar-refractivity contribution is 6.06. The average Bonchev–Trinajstić information content (AvgIpc) is 3.16. The Bertz CT molecular complexity index is 1610. The molecule has 0 saturated carbocycles. The van der Waals surface area contributed by atoms with Crippen LogP contribution in [0.2, 0.25) is 0 Å². The fourth-order valence-corrected chi connectivity index (χ4v) is 4.05. The number of anilines is 1. The number of aromatic nitrogens is 3. The second kappa shape index (κ2) is 12.0. The standard InChI is InChI=1S/C27H24F4N4O6/c1-5-40-21-13-17(39-4)12-20(32-21)35-26(37)23(33-25(36)14-6-8-15(9-7-14)41-27(30)31)24(34(35)2)22-18(28)10-16(38-3)11-19(22)29/h6-13,27H,5H2,1-4H3,(H,33,36). The van der Waals surface area contributed by atoms with Gasteiger partial charge in [-0.2, -0.15) is 18.4 Å². The van der Waals surface area contributed by atoms with Crippen molar-refractivity contribution < 1.29 is 41.3 Å². The van der Waals surface area contributed by atoms with Gasteiger partial charge in [0.05, 0.1) is 26.4 Å². The van der Waals surface area contributed by atoms with E-state index < -0.39 is 41.0 Å². The third-order valence-corrected chi connectivity index (χ3v) is 5.84. The lowest BCUT2D eigenvalue weighted by Gasteiger charge is -2.14. The number of benzene rings is 2. The van der Waals surface area contributed by atoms with Gasteiger partial charge < -0.3 is 24.3 Å². The molecule has 0 aliphatic heterocycles. The zero-order valence-corrected chi connectivity index (χ0v) is 22.2. The van der Waals surface area contributed by atoms with E-state index in [9.17, 15) is 18.4 Å². The molecule has 1 amide bonds. The minimum atomic E-state index is -3.07. The minimum absolute atomic E-state index is 0.0372. The number of hydrogen-bond acceptors (Lipinski definition) is 7. The van der Waals surface area contributed by atoms with Gasteiger partial charge in [-0.25, -0.2) is 8.78 Å². The Kier molecular flexibility index (Phi) is 8.50. The van der Waals surface area contributed by atoms with Crippen molar-refractivity contribution in [2.75, 3.05) is 26.1 Å². The van der Waals surface area contributed by atoms with Gasteiger partial charge in [-0.15, -0.1) is 0 Å². The van der Waals surface area contributed by atoms with E-state index in [4.69, 9.17) is 14.2 Å². The summed E-state index contributed by atoms with van der Waals surface area (Å²) in [5.41, 5.74) is -2.40. The van der Waals surface area contributed by atoms with Gasteiger partial charge in [0.1, 0.15) is 40.3 Å². The van der Waals surface area contributed by atoms with Crippen molar-refractivity contribution >= 4 is 11.6 Å². The van der Waals surface area contributed by atoms with Crippen molar-refractivity contribution in [3.8, 4) is 40.2 Å². The lowest BCUT2D eigenvalue weighted by molar-refractivity contribution is -0.0498. The molecule has 0 radical (unpaired) electrons. The topological polar surface area (TPSA) is 106 Å². The second-order valence-electron chi connectivity index (χ2n) is 8.32. The molecule has 0 saturated heterocycles. The average molecular weight is 577 g/mol. The molecule has 4 aromatic rings. The van der Waals surface area contributed by atoms with Gasteiger partial charge in [0.15, 0.2) is 5.82 Å². The van der Waals surface area contributed by atoms with E-state index in [1.807, 2.05) is 0 Å². The number of alkyl halides is 2. The Labute approximate surface area is 230 Å². The van der Waals surface area contributed by atoms with Crippen LogP contribution in [0.25, 0.3) is 17.1 Å². The Morgan fingerprint density at radius 2 is 1.59 bits per heavy atom. The zero-order chi connectivity index (χ0) is 29.8. The number of nitrogens with one attached hydrogen (secondary N) is 1. The number of hydrogen-bond donors (Lipinski definition) is 1. The molecule has 2 aromatic carbocycles. The fourth-order valence-electron chi connectivity index (χ4n) is 4.05. The third-order valence-electron chi connectivity index (χ3n) is 5.84. The van der Waals surface area contributed by atoms with E-state index in [1.54, 1.807) is 6.92 Å². The maximum Gasteiger partial charge on any atom is 0.387 e. The van der Waals surface area contributed by atoms with Crippen LogP contribution < -0.4 is 29.8 Å². The van der Waals surface area contributed by atoms with Gasteiger partial charge in [0.25, 0.3) is 11.5 Å². The van der Waals surface area contributed by atoms with Crippen LogP contribution in [0.1, 0.15) is 17.3 Å². The predicted molar refractivity (Wildman–Crippen MR) is 139 cm³/mol. The van der Waals surface area contributed by atoms with Crippen LogP contribution in [0.3, 0.4) is 0 Å². The summed E-state index contributed by atoms with van der Waals surface area (Å²) in [5, 5.41) is 2.40. The van der Waals surface area contributed by atoms with Crippen LogP contribution in [0.5, 0.6) is 23.1 Å². The summed E-state index contributed by atoms with van der Waals surface area (Å²) in [5.74, 6) is -2.99. The number of halogens is 4. The molecule has 0 aliphatic rings. The molecule has 14 heteroatoms. The van der Waals surface area contributed by atoms with E-state index in [0.29, 0.717) is 0 Å². The highest BCUT2D eigenvalue weighted by Gasteiger charge is 2.28. The summed E-state index contributed by atoms with van der Waals surface area (Å²) in [7, 11) is 3.96. The molecular formula is C27H24F4N4O6. The molecule has 0 atom stereocenters. The van der Waals surface area contributed by atoms with Crippen LogP contribution in [0.15, 0.2) is 53.3 Å². The molecule has 0 fully saturated rings. The SMILES string of the molecule is CCOc1cc(OC)cc(-n2c(=O)c(NC(=O)c3ccc(OC(F)F)cc3)c(-c3c(F)cc(OC)cc3F)n2C)n1. The third kappa shape index (κ3) is 5.95. The van der Waals surface area contributed by atoms with Crippen molar-refractivity contribution in [2.24, 2.45) is 7.05 Å². The van der Waals surface area contributed by atoms with E-state index in [-0.39, 0.29) is 46.8 Å². The summed E-state index contributed by atoms with van der Waals surface area (Å²) in [6.45, 7) is -1.09. The first-order chi connectivity index (χ1) is 19.6. The number of ether oxygens (including phenoxy) is 4. The van der Waals surface area contributed by atoms with E-state index >= 15 is 8.78 Å². The monoisotopic (exact) mass is 576 g/mol. The van der Waals surface area contributed by atoms with Crippen LogP contribution >= 0.6 is 0 Å². The van der Waals surface area contributed by atoms with Crippen LogP contribution in [-0.2, 0) is 7.05 Å². The molecule has 2 heterocycles. The van der Waals surface area contributed by atoms with Crippen molar-refractivity contribution in [3.63, 3.8) is 0 Å². The summed E-state index contributed by atoms with van der Waals surface area (Å²) in [6, 6.07) is 9.33. The number of carbonyl (C=O) groups excluding carboxylic acids is 1. The van der Waals surface area contributed by atoms with Gasteiger partial charge in [-0.3, -0.25) is 14.3 Å². The van der Waals surface area contributed by atoms with Crippen molar-refractivity contribution in [2.45, 2.75) is 13.5 Å². The number of carbonyl (C=O) groups is 1. The number of rotatable bonds is 10. The van der Waals surface area contributed by atoms with E-state index in [1.165, 1.54) is 45.5 Å². The van der Waals surface area contributed by atoms with Gasteiger partial charge in [-0.05, 0) is 31.2 Å². The summed E-state index contributed by atoms with van der Waals surface area (Å²) < 4.78 is 77.6. The molecule has 0 bridgehead atoms. The first kappa shape index (κ1) is 29.0. The normalized spacial score (nSPS) is 11.0. The first-order valence-electron chi connectivity index (χ1n) is 12.0. The Morgan fingerprint density at radius 3 is 2.15 bits per heavy atom. The fraction of sp³-hybridized carbons (Fsp3) is 0.222. The molecule has 216 valence electrons. The largest absolute Gasteiger partial charge is 0.497 e. The lowest BCUT2D eigenvalue weighted by Crippen LogP contribution is -2.24. The first-order valence-corrected chi connectivity index (χ1v) is 12.0. The van der Waals surface area contributed by atoms with E-state index in [0.717, 1.165) is 33.6 Å². The number of nitrogens with zero attached hydrogens (tertiary/aromatic N) is 3. The molecule has 2 aromatic heterocycles. The molecule has 4 rings (SSSR count). The minimum Gasteiger partial charge on any atom is -0.497 e. The van der Waals surface area contributed by atoms with Crippen molar-refractivity contribution in [1.29, 1.82) is 0 Å². The highest BCUT2D eigenvalue weighted by Crippen LogP contribution is 2.34. The molecule has 10 nitrogen and oxygen atoms in total. The molecular weight excluding hydrogens is 552 g/mol. The molecule has 0 spiro atoms. The molecule has 1 N–H and O–H groups in total. The Balaban J connectivity index is 1.91.